The molecule has 3 heterocycles. The molecular weight excluding hydrogens is 412 g/mol. The van der Waals surface area contributed by atoms with Crippen molar-refractivity contribution in [3.8, 4) is 17.0 Å². The summed E-state index contributed by atoms with van der Waals surface area (Å²) in [4.78, 5) is 24.4. The fourth-order valence-corrected chi connectivity index (χ4v) is 4.86. The normalized spacial score (nSPS) is 15.1. The number of aromatic amines is 1. The number of H-pyrrole nitrogens is 1. The summed E-state index contributed by atoms with van der Waals surface area (Å²) in [7, 11) is 3.86. The first kappa shape index (κ1) is 23.3. The molecule has 1 aliphatic heterocycles. The van der Waals surface area contributed by atoms with E-state index in [1.54, 1.807) is 0 Å². The Morgan fingerprint density at radius 3 is 2.42 bits per heavy atom. The van der Waals surface area contributed by atoms with E-state index in [2.05, 4.69) is 54.1 Å². The Kier molecular flexibility index (Phi) is 6.75. The Morgan fingerprint density at radius 2 is 1.82 bits per heavy atom. The molecule has 6 heteroatoms. The standard InChI is InChI=1S/C27H36N4O2/c1-17(2)26-23-15-22(33-21-9-11-31(12-10-21)25(32)16-30(5)6)7-8-24(23)29-27(26)20-13-18(3)28-19(4)14-20/h7-8,13-15,17,21,29H,9-12,16H2,1-6H3. The summed E-state index contributed by atoms with van der Waals surface area (Å²) in [6.45, 7) is 10.5. The number of pyridine rings is 1. The van der Waals surface area contributed by atoms with Crippen LogP contribution in [0.3, 0.4) is 0 Å². The molecule has 0 unspecified atom stereocenters. The number of amides is 1. The van der Waals surface area contributed by atoms with Crippen LogP contribution in [0.5, 0.6) is 5.75 Å². The smallest absolute Gasteiger partial charge is 0.236 e. The second-order valence-corrected chi connectivity index (χ2v) is 9.85. The van der Waals surface area contributed by atoms with Crippen LogP contribution in [0.1, 0.15) is 49.6 Å². The number of likely N-dealkylation sites (tertiary alicyclic amines) is 1. The largest absolute Gasteiger partial charge is 0.490 e. The lowest BCUT2D eigenvalue weighted by atomic mass is 9.96. The van der Waals surface area contributed by atoms with E-state index in [-0.39, 0.29) is 12.0 Å². The van der Waals surface area contributed by atoms with Gasteiger partial charge in [-0.1, -0.05) is 13.8 Å². The number of aryl methyl sites for hydroxylation is 2. The number of carbonyl (C=O) groups excluding carboxylic acids is 1. The van der Waals surface area contributed by atoms with Gasteiger partial charge in [0.05, 0.1) is 12.2 Å². The van der Waals surface area contributed by atoms with Crippen molar-refractivity contribution in [1.29, 1.82) is 0 Å². The molecule has 0 radical (unpaired) electrons. The molecule has 0 bridgehead atoms. The average molecular weight is 449 g/mol. The number of nitrogens with one attached hydrogen (secondary N) is 1. The van der Waals surface area contributed by atoms with E-state index in [4.69, 9.17) is 4.74 Å². The Hall–Kier alpha value is -2.86. The lowest BCUT2D eigenvalue weighted by Crippen LogP contribution is -2.44. The van der Waals surface area contributed by atoms with Crippen LogP contribution < -0.4 is 4.74 Å². The maximum atomic E-state index is 12.3. The van der Waals surface area contributed by atoms with Gasteiger partial charge < -0.3 is 19.5 Å². The molecule has 1 N–H and O–H groups in total. The molecule has 0 aliphatic carbocycles. The summed E-state index contributed by atoms with van der Waals surface area (Å²) in [5.41, 5.74) is 6.83. The van der Waals surface area contributed by atoms with Crippen LogP contribution in [0.15, 0.2) is 30.3 Å². The second kappa shape index (κ2) is 9.56. The lowest BCUT2D eigenvalue weighted by Gasteiger charge is -2.32. The molecule has 1 amide bonds. The third-order valence-electron chi connectivity index (χ3n) is 6.31. The number of nitrogens with zero attached hydrogens (tertiary/aromatic N) is 3. The highest BCUT2D eigenvalue weighted by Gasteiger charge is 2.24. The first-order valence-electron chi connectivity index (χ1n) is 11.9. The molecule has 176 valence electrons. The average Bonchev–Trinajstić information content (AvgIpc) is 3.12. The van der Waals surface area contributed by atoms with Crippen molar-refractivity contribution in [2.75, 3.05) is 33.7 Å². The van der Waals surface area contributed by atoms with Gasteiger partial charge in [-0.05, 0) is 69.8 Å². The zero-order valence-corrected chi connectivity index (χ0v) is 20.7. The SMILES string of the molecule is Cc1cc(-c2[nH]c3ccc(OC4CCN(C(=O)CN(C)C)CC4)cc3c2C(C)C)cc(C)n1. The fourth-order valence-electron chi connectivity index (χ4n) is 4.86. The van der Waals surface area contributed by atoms with Gasteiger partial charge in [0.2, 0.25) is 5.91 Å². The number of rotatable bonds is 6. The van der Waals surface area contributed by atoms with Crippen LogP contribution in [0, 0.1) is 13.8 Å². The van der Waals surface area contributed by atoms with Gasteiger partial charge in [0.25, 0.3) is 0 Å². The van der Waals surface area contributed by atoms with E-state index in [0.717, 1.165) is 48.6 Å². The molecule has 1 aliphatic rings. The number of piperidine rings is 1. The monoisotopic (exact) mass is 448 g/mol. The summed E-state index contributed by atoms with van der Waals surface area (Å²) in [5.74, 6) is 1.46. The maximum Gasteiger partial charge on any atom is 0.236 e. The summed E-state index contributed by atoms with van der Waals surface area (Å²) in [6.07, 6.45) is 1.86. The van der Waals surface area contributed by atoms with Gasteiger partial charge in [0.1, 0.15) is 11.9 Å². The van der Waals surface area contributed by atoms with Crippen molar-refractivity contribution in [3.05, 3.63) is 47.3 Å². The van der Waals surface area contributed by atoms with Gasteiger partial charge in [0, 0.05) is 53.8 Å². The van der Waals surface area contributed by atoms with Crippen molar-refractivity contribution in [2.45, 2.75) is 52.6 Å². The predicted molar refractivity (Wildman–Crippen MR) is 134 cm³/mol. The number of ether oxygens (including phenoxy) is 1. The molecule has 1 aromatic carbocycles. The van der Waals surface area contributed by atoms with E-state index >= 15 is 0 Å². The second-order valence-electron chi connectivity index (χ2n) is 9.85. The van der Waals surface area contributed by atoms with E-state index in [1.165, 1.54) is 22.2 Å². The molecule has 2 aromatic heterocycles. The van der Waals surface area contributed by atoms with Crippen molar-refractivity contribution in [3.63, 3.8) is 0 Å². The van der Waals surface area contributed by atoms with Gasteiger partial charge in [0.15, 0.2) is 0 Å². The number of aromatic nitrogens is 2. The van der Waals surface area contributed by atoms with Crippen LogP contribution >= 0.6 is 0 Å². The summed E-state index contributed by atoms with van der Waals surface area (Å²) in [5, 5.41) is 1.21. The molecule has 4 rings (SSSR count). The van der Waals surface area contributed by atoms with E-state index in [9.17, 15) is 4.79 Å². The van der Waals surface area contributed by atoms with E-state index in [0.29, 0.717) is 12.5 Å². The Labute approximate surface area is 196 Å². The van der Waals surface area contributed by atoms with Crippen molar-refractivity contribution in [2.24, 2.45) is 0 Å². The van der Waals surface area contributed by atoms with Crippen molar-refractivity contribution >= 4 is 16.8 Å². The first-order chi connectivity index (χ1) is 15.7. The van der Waals surface area contributed by atoms with Crippen molar-refractivity contribution in [1.82, 2.24) is 19.8 Å². The molecule has 0 atom stereocenters. The molecule has 0 spiro atoms. The Balaban J connectivity index is 1.55. The zero-order valence-electron chi connectivity index (χ0n) is 20.7. The first-order valence-corrected chi connectivity index (χ1v) is 11.9. The summed E-state index contributed by atoms with van der Waals surface area (Å²) >= 11 is 0. The Bertz CT molecular complexity index is 1120. The minimum Gasteiger partial charge on any atom is -0.490 e. The van der Waals surface area contributed by atoms with Gasteiger partial charge >= 0.3 is 0 Å². The molecule has 1 fully saturated rings. The molecule has 3 aromatic rings. The van der Waals surface area contributed by atoms with Gasteiger partial charge in [-0.15, -0.1) is 0 Å². The molecule has 6 nitrogen and oxygen atoms in total. The molecule has 0 saturated carbocycles. The predicted octanol–water partition coefficient (Wildman–Crippen LogP) is 4.90. The third-order valence-corrected chi connectivity index (χ3v) is 6.31. The number of hydrogen-bond acceptors (Lipinski definition) is 4. The van der Waals surface area contributed by atoms with E-state index in [1.807, 2.05) is 37.7 Å². The molecule has 33 heavy (non-hydrogen) atoms. The van der Waals surface area contributed by atoms with Crippen LogP contribution in [-0.2, 0) is 4.79 Å². The number of benzene rings is 1. The van der Waals surface area contributed by atoms with Crippen molar-refractivity contribution < 1.29 is 9.53 Å². The number of fused-ring (bicyclic) bond motifs is 1. The fraction of sp³-hybridized carbons (Fsp3) is 0.481. The maximum absolute atomic E-state index is 12.3. The minimum atomic E-state index is 0.136. The zero-order chi connectivity index (χ0) is 23.7. The van der Waals surface area contributed by atoms with Gasteiger partial charge in [-0.25, -0.2) is 0 Å². The molecular formula is C27H36N4O2. The number of likely N-dealkylation sites (N-methyl/N-ethyl adjacent to an activating group) is 1. The number of carbonyl (C=O) groups is 1. The highest BCUT2D eigenvalue weighted by molar-refractivity contribution is 5.92. The topological polar surface area (TPSA) is 61.5 Å². The summed E-state index contributed by atoms with van der Waals surface area (Å²) < 4.78 is 6.39. The Morgan fingerprint density at radius 1 is 1.15 bits per heavy atom. The van der Waals surface area contributed by atoms with Gasteiger partial charge in [-0.3, -0.25) is 9.78 Å². The van der Waals surface area contributed by atoms with Crippen LogP contribution in [-0.4, -0.2) is 65.5 Å². The van der Waals surface area contributed by atoms with Crippen LogP contribution in [0.25, 0.3) is 22.2 Å². The minimum absolute atomic E-state index is 0.136. The molecule has 1 saturated heterocycles. The van der Waals surface area contributed by atoms with Crippen LogP contribution in [0.2, 0.25) is 0 Å². The number of hydrogen-bond donors (Lipinski definition) is 1. The third kappa shape index (κ3) is 5.22. The van der Waals surface area contributed by atoms with E-state index < -0.39 is 0 Å². The van der Waals surface area contributed by atoms with Crippen LogP contribution in [0.4, 0.5) is 0 Å². The quantitative estimate of drug-likeness (QED) is 0.583. The highest BCUT2D eigenvalue weighted by Crippen LogP contribution is 2.37. The summed E-state index contributed by atoms with van der Waals surface area (Å²) in [6, 6.07) is 10.6. The van der Waals surface area contributed by atoms with Gasteiger partial charge in [-0.2, -0.15) is 0 Å². The highest BCUT2D eigenvalue weighted by atomic mass is 16.5. The lowest BCUT2D eigenvalue weighted by molar-refractivity contribution is -0.133.